The van der Waals surface area contributed by atoms with Gasteiger partial charge in [-0.15, -0.1) is 11.3 Å². The first-order valence-corrected chi connectivity index (χ1v) is 6.64. The quantitative estimate of drug-likeness (QED) is 0.797. The molecule has 0 fully saturated rings. The Morgan fingerprint density at radius 3 is 2.65 bits per heavy atom. The fourth-order valence-electron chi connectivity index (χ4n) is 1.54. The zero-order valence-corrected chi connectivity index (χ0v) is 11.0. The molecule has 3 aromatic rings. The van der Waals surface area contributed by atoms with E-state index in [-0.39, 0.29) is 5.91 Å². The largest absolute Gasteiger partial charge is 0.305 e. The van der Waals surface area contributed by atoms with Crippen LogP contribution in [0.15, 0.2) is 48.5 Å². The number of nitrogens with one attached hydrogen (secondary N) is 1. The highest BCUT2D eigenvalue weighted by molar-refractivity contribution is 7.11. The van der Waals surface area contributed by atoms with Gasteiger partial charge in [-0.1, -0.05) is 6.07 Å². The Balaban J connectivity index is 1.75. The number of thiazole rings is 1. The van der Waals surface area contributed by atoms with Crippen molar-refractivity contribution < 1.29 is 4.79 Å². The van der Waals surface area contributed by atoms with Crippen LogP contribution in [0.1, 0.15) is 9.67 Å². The van der Waals surface area contributed by atoms with Gasteiger partial charge in [0, 0.05) is 6.20 Å². The molecule has 20 heavy (non-hydrogen) atoms. The molecule has 0 saturated carbocycles. The van der Waals surface area contributed by atoms with Gasteiger partial charge in [0.2, 0.25) is 0 Å². The Labute approximate surface area is 118 Å². The minimum atomic E-state index is -0.243. The summed E-state index contributed by atoms with van der Waals surface area (Å²) in [5, 5.41) is 2.66. The molecule has 0 bridgehead atoms. The van der Waals surface area contributed by atoms with E-state index in [0.717, 1.165) is 5.69 Å². The number of anilines is 1. The summed E-state index contributed by atoms with van der Waals surface area (Å²) in [5.74, 6) is 0.149. The van der Waals surface area contributed by atoms with E-state index < -0.39 is 0 Å². The first-order chi connectivity index (χ1) is 9.83. The molecule has 98 valence electrons. The van der Waals surface area contributed by atoms with Crippen molar-refractivity contribution in [1.82, 2.24) is 19.9 Å². The molecule has 3 aromatic heterocycles. The molecule has 0 radical (unpaired) electrons. The summed E-state index contributed by atoms with van der Waals surface area (Å²) < 4.78 is 0. The number of aromatic nitrogens is 4. The van der Waals surface area contributed by atoms with E-state index in [1.54, 1.807) is 17.9 Å². The summed E-state index contributed by atoms with van der Waals surface area (Å²) in [6, 6.07) is 5.56. The molecule has 1 N–H and O–H groups in total. The van der Waals surface area contributed by atoms with Gasteiger partial charge in [0.1, 0.15) is 10.6 Å². The van der Waals surface area contributed by atoms with Gasteiger partial charge < -0.3 is 5.32 Å². The van der Waals surface area contributed by atoms with Gasteiger partial charge in [0.05, 0.1) is 29.8 Å². The van der Waals surface area contributed by atoms with Gasteiger partial charge in [-0.25, -0.2) is 9.97 Å². The lowest BCUT2D eigenvalue weighted by molar-refractivity contribution is 0.103. The molecule has 0 aliphatic rings. The average Bonchev–Trinajstić information content (AvgIpc) is 3.03. The SMILES string of the molecule is O=C(Nc1cnc(-c2ccccn2)cn1)c1cncs1. The molecule has 0 aromatic carbocycles. The molecule has 0 aliphatic carbocycles. The molecule has 0 saturated heterocycles. The van der Waals surface area contributed by atoms with E-state index in [2.05, 4.69) is 25.3 Å². The lowest BCUT2D eigenvalue weighted by atomic mass is 10.3. The second kappa shape index (κ2) is 5.54. The topological polar surface area (TPSA) is 80.7 Å². The fourth-order valence-corrected chi connectivity index (χ4v) is 2.06. The first kappa shape index (κ1) is 12.4. The van der Waals surface area contributed by atoms with Crippen molar-refractivity contribution in [3.8, 4) is 11.4 Å². The van der Waals surface area contributed by atoms with Crippen LogP contribution in [0.5, 0.6) is 0 Å². The monoisotopic (exact) mass is 283 g/mol. The van der Waals surface area contributed by atoms with E-state index in [0.29, 0.717) is 16.4 Å². The lowest BCUT2D eigenvalue weighted by Gasteiger charge is -2.03. The van der Waals surface area contributed by atoms with Crippen molar-refractivity contribution >= 4 is 23.1 Å². The number of nitrogens with zero attached hydrogens (tertiary/aromatic N) is 4. The summed E-state index contributed by atoms with van der Waals surface area (Å²) in [4.78, 5) is 28.8. The molecule has 1 amide bonds. The second-order valence-electron chi connectivity index (χ2n) is 3.82. The maximum absolute atomic E-state index is 11.8. The summed E-state index contributed by atoms with van der Waals surface area (Å²) in [6.45, 7) is 0. The summed E-state index contributed by atoms with van der Waals surface area (Å²) >= 11 is 1.27. The Morgan fingerprint density at radius 2 is 2.00 bits per heavy atom. The molecule has 0 unspecified atom stereocenters. The van der Waals surface area contributed by atoms with Crippen molar-refractivity contribution in [3.05, 3.63) is 53.4 Å². The van der Waals surface area contributed by atoms with E-state index in [1.165, 1.54) is 23.7 Å². The zero-order chi connectivity index (χ0) is 13.8. The predicted octanol–water partition coefficient (Wildman–Crippen LogP) is 2.25. The van der Waals surface area contributed by atoms with Crippen LogP contribution < -0.4 is 5.32 Å². The Morgan fingerprint density at radius 1 is 1.05 bits per heavy atom. The summed E-state index contributed by atoms with van der Waals surface area (Å²) in [6.07, 6.45) is 6.28. The minimum absolute atomic E-state index is 0.243. The van der Waals surface area contributed by atoms with Gasteiger partial charge in [0.15, 0.2) is 5.82 Å². The van der Waals surface area contributed by atoms with Gasteiger partial charge in [-0.2, -0.15) is 0 Å². The van der Waals surface area contributed by atoms with Gasteiger partial charge in [-0.05, 0) is 12.1 Å². The van der Waals surface area contributed by atoms with E-state index >= 15 is 0 Å². The summed E-state index contributed by atoms with van der Waals surface area (Å²) in [7, 11) is 0. The van der Waals surface area contributed by atoms with E-state index in [9.17, 15) is 4.79 Å². The number of pyridine rings is 1. The van der Waals surface area contributed by atoms with E-state index in [1.807, 2.05) is 18.2 Å². The maximum atomic E-state index is 11.8. The normalized spacial score (nSPS) is 10.2. The highest BCUT2D eigenvalue weighted by atomic mass is 32.1. The van der Waals surface area contributed by atoms with Crippen LogP contribution in [0.2, 0.25) is 0 Å². The molecule has 3 heterocycles. The molecule has 7 heteroatoms. The van der Waals surface area contributed by atoms with Crippen molar-refractivity contribution in [2.45, 2.75) is 0 Å². The molecule has 0 atom stereocenters. The van der Waals surface area contributed by atoms with Gasteiger partial charge >= 0.3 is 0 Å². The third-order valence-electron chi connectivity index (χ3n) is 2.48. The van der Waals surface area contributed by atoms with Crippen molar-refractivity contribution in [2.24, 2.45) is 0 Å². The van der Waals surface area contributed by atoms with Crippen LogP contribution in [0.25, 0.3) is 11.4 Å². The number of hydrogen-bond donors (Lipinski definition) is 1. The lowest BCUT2D eigenvalue weighted by Crippen LogP contribution is -2.11. The number of carbonyl (C=O) groups is 1. The van der Waals surface area contributed by atoms with Crippen LogP contribution in [-0.2, 0) is 0 Å². The number of amides is 1. The molecule has 6 nitrogen and oxygen atoms in total. The summed E-state index contributed by atoms with van der Waals surface area (Å²) in [5.41, 5.74) is 2.99. The Kier molecular flexibility index (Phi) is 3.42. The highest BCUT2D eigenvalue weighted by Crippen LogP contribution is 2.14. The average molecular weight is 283 g/mol. The van der Waals surface area contributed by atoms with Gasteiger partial charge in [-0.3, -0.25) is 14.8 Å². The molecular weight excluding hydrogens is 274 g/mol. The van der Waals surface area contributed by atoms with Crippen molar-refractivity contribution in [1.29, 1.82) is 0 Å². The molecular formula is C13H9N5OS. The first-order valence-electron chi connectivity index (χ1n) is 5.76. The minimum Gasteiger partial charge on any atom is -0.305 e. The third-order valence-corrected chi connectivity index (χ3v) is 3.25. The molecule has 3 rings (SSSR count). The van der Waals surface area contributed by atoms with E-state index in [4.69, 9.17) is 0 Å². The maximum Gasteiger partial charge on any atom is 0.268 e. The Hall–Kier alpha value is -2.67. The van der Waals surface area contributed by atoms with Crippen LogP contribution in [0, 0.1) is 0 Å². The predicted molar refractivity (Wildman–Crippen MR) is 75.3 cm³/mol. The van der Waals surface area contributed by atoms with Crippen LogP contribution >= 0.6 is 11.3 Å². The fraction of sp³-hybridized carbons (Fsp3) is 0. The standard InChI is InChI=1S/C13H9N5OS/c19-13(11-6-14-8-20-11)18-12-7-16-10(5-17-12)9-3-1-2-4-15-9/h1-8H,(H,17,18,19). The second-order valence-corrected chi connectivity index (χ2v) is 4.71. The number of hydrogen-bond acceptors (Lipinski definition) is 6. The smallest absolute Gasteiger partial charge is 0.268 e. The molecule has 0 aliphatic heterocycles. The van der Waals surface area contributed by atoms with Crippen LogP contribution in [0.4, 0.5) is 5.82 Å². The number of carbonyl (C=O) groups excluding carboxylic acids is 1. The van der Waals surface area contributed by atoms with Crippen molar-refractivity contribution in [2.75, 3.05) is 5.32 Å². The van der Waals surface area contributed by atoms with Gasteiger partial charge in [0.25, 0.3) is 5.91 Å². The Bertz CT molecular complexity index is 697. The van der Waals surface area contributed by atoms with Crippen LogP contribution in [-0.4, -0.2) is 25.8 Å². The number of rotatable bonds is 3. The van der Waals surface area contributed by atoms with Crippen molar-refractivity contribution in [3.63, 3.8) is 0 Å². The zero-order valence-electron chi connectivity index (χ0n) is 10.2. The van der Waals surface area contributed by atoms with Crippen LogP contribution in [0.3, 0.4) is 0 Å². The molecule has 0 spiro atoms. The highest BCUT2D eigenvalue weighted by Gasteiger charge is 2.09. The third kappa shape index (κ3) is 2.67.